The highest BCUT2D eigenvalue weighted by Crippen LogP contribution is 2.25. The maximum absolute atomic E-state index is 12.1. The molecule has 110 valence electrons. The lowest BCUT2D eigenvalue weighted by molar-refractivity contribution is -0.384. The zero-order valence-electron chi connectivity index (χ0n) is 11.5. The number of aromatic nitrogens is 3. The van der Waals surface area contributed by atoms with Crippen molar-refractivity contribution in [2.24, 2.45) is 7.05 Å². The predicted octanol–water partition coefficient (Wildman–Crippen LogP) is 1.41. The number of hydrogen-bond donors (Lipinski definition) is 2. The third-order valence-corrected chi connectivity index (χ3v) is 2.76. The molecule has 0 atom stereocenters. The summed E-state index contributed by atoms with van der Waals surface area (Å²) in [4.78, 5) is 26.5. The van der Waals surface area contributed by atoms with Crippen molar-refractivity contribution < 1.29 is 9.72 Å². The first-order chi connectivity index (χ1) is 10.0. The van der Waals surface area contributed by atoms with Gasteiger partial charge in [0.25, 0.3) is 11.6 Å². The Hall–Kier alpha value is -2.97. The number of carbonyl (C=O) groups is 1. The lowest BCUT2D eigenvalue weighted by Gasteiger charge is -2.07. The van der Waals surface area contributed by atoms with E-state index in [4.69, 9.17) is 0 Å². The summed E-state index contributed by atoms with van der Waals surface area (Å²) in [6.45, 7) is 2.38. The van der Waals surface area contributed by atoms with Gasteiger partial charge in [-0.25, -0.2) is 4.68 Å². The third kappa shape index (κ3) is 3.14. The second-order valence-electron chi connectivity index (χ2n) is 4.18. The number of carbonyl (C=O) groups excluding carboxylic acids is 1. The lowest BCUT2D eigenvalue weighted by atomic mass is 10.1. The molecule has 0 radical (unpaired) electrons. The predicted molar refractivity (Wildman–Crippen MR) is 76.2 cm³/mol. The number of hydrogen-bond acceptors (Lipinski definition) is 6. The summed E-state index contributed by atoms with van der Waals surface area (Å²) in [5.74, 6) is -0.226. The highest BCUT2D eigenvalue weighted by Gasteiger charge is 2.18. The lowest BCUT2D eigenvalue weighted by Crippen LogP contribution is -2.16. The maximum Gasteiger partial charge on any atom is 0.293 e. The van der Waals surface area contributed by atoms with Gasteiger partial charge in [-0.3, -0.25) is 20.2 Å². The quantitative estimate of drug-likeness (QED) is 0.635. The van der Waals surface area contributed by atoms with Gasteiger partial charge in [0.15, 0.2) is 0 Å². The Kier molecular flexibility index (Phi) is 4.12. The van der Waals surface area contributed by atoms with E-state index in [1.807, 2.05) is 6.92 Å². The van der Waals surface area contributed by atoms with Gasteiger partial charge >= 0.3 is 0 Å². The summed E-state index contributed by atoms with van der Waals surface area (Å²) in [6.07, 6.45) is 1.30. The molecular weight excluding hydrogens is 276 g/mol. The summed E-state index contributed by atoms with van der Waals surface area (Å²) in [6, 6.07) is 4.24. The summed E-state index contributed by atoms with van der Waals surface area (Å²) >= 11 is 0. The Bertz CT molecular complexity index is 681. The van der Waals surface area contributed by atoms with E-state index in [0.717, 1.165) is 0 Å². The van der Waals surface area contributed by atoms with E-state index in [1.165, 1.54) is 29.2 Å². The number of benzene rings is 1. The molecule has 21 heavy (non-hydrogen) atoms. The Balaban J connectivity index is 2.27. The highest BCUT2D eigenvalue weighted by molar-refractivity contribution is 6.04. The average molecular weight is 290 g/mol. The van der Waals surface area contributed by atoms with Crippen LogP contribution < -0.4 is 10.6 Å². The van der Waals surface area contributed by atoms with Crippen molar-refractivity contribution in [1.29, 1.82) is 0 Å². The zero-order chi connectivity index (χ0) is 15.4. The molecule has 0 spiro atoms. The molecule has 0 aliphatic carbocycles. The molecular formula is C12H14N6O3. The first-order valence-electron chi connectivity index (χ1n) is 6.20. The Labute approximate surface area is 120 Å². The van der Waals surface area contributed by atoms with E-state index in [2.05, 4.69) is 20.7 Å². The minimum absolute atomic E-state index is 0.150. The molecule has 1 amide bonds. The monoisotopic (exact) mass is 290 g/mol. The van der Waals surface area contributed by atoms with Crippen molar-refractivity contribution in [3.63, 3.8) is 0 Å². The highest BCUT2D eigenvalue weighted by atomic mass is 16.6. The van der Waals surface area contributed by atoms with Gasteiger partial charge in [-0.2, -0.15) is 10.1 Å². The van der Waals surface area contributed by atoms with Crippen LogP contribution in [0.25, 0.3) is 0 Å². The van der Waals surface area contributed by atoms with Crippen molar-refractivity contribution in [3.05, 3.63) is 40.2 Å². The van der Waals surface area contributed by atoms with Gasteiger partial charge in [0, 0.05) is 25.2 Å². The van der Waals surface area contributed by atoms with Crippen molar-refractivity contribution in [3.8, 4) is 0 Å². The Morgan fingerprint density at radius 3 is 2.81 bits per heavy atom. The molecule has 0 aliphatic rings. The molecule has 1 aromatic heterocycles. The van der Waals surface area contributed by atoms with Gasteiger partial charge in [0.2, 0.25) is 5.95 Å². The first-order valence-corrected chi connectivity index (χ1v) is 6.20. The number of nitro benzene ring substituents is 1. The zero-order valence-corrected chi connectivity index (χ0v) is 11.5. The molecule has 0 saturated carbocycles. The van der Waals surface area contributed by atoms with Crippen LogP contribution in [-0.2, 0) is 7.05 Å². The number of nitro groups is 1. The van der Waals surface area contributed by atoms with E-state index in [9.17, 15) is 14.9 Å². The van der Waals surface area contributed by atoms with E-state index in [-0.39, 0.29) is 17.2 Å². The summed E-state index contributed by atoms with van der Waals surface area (Å²) in [5, 5.41) is 20.3. The SMILES string of the molecule is CCNc1ccc(C(=O)Nc2ncnn2C)cc1[N+](=O)[O-]. The van der Waals surface area contributed by atoms with Crippen molar-refractivity contribution in [2.45, 2.75) is 6.92 Å². The topological polar surface area (TPSA) is 115 Å². The Morgan fingerprint density at radius 1 is 1.48 bits per heavy atom. The minimum Gasteiger partial charge on any atom is -0.380 e. The third-order valence-electron chi connectivity index (χ3n) is 2.76. The largest absolute Gasteiger partial charge is 0.380 e. The molecule has 0 aliphatic heterocycles. The number of nitrogens with one attached hydrogen (secondary N) is 2. The van der Waals surface area contributed by atoms with Gasteiger partial charge in [-0.05, 0) is 19.1 Å². The Morgan fingerprint density at radius 2 is 2.24 bits per heavy atom. The summed E-state index contributed by atoms with van der Waals surface area (Å²) in [5.41, 5.74) is 0.395. The van der Waals surface area contributed by atoms with Gasteiger partial charge in [0.05, 0.1) is 4.92 Å². The van der Waals surface area contributed by atoms with E-state index < -0.39 is 10.8 Å². The molecule has 0 saturated heterocycles. The van der Waals surface area contributed by atoms with Crippen LogP contribution in [0.15, 0.2) is 24.5 Å². The molecule has 9 heteroatoms. The van der Waals surface area contributed by atoms with Crippen LogP contribution in [-0.4, -0.2) is 32.1 Å². The molecule has 2 rings (SSSR count). The normalized spacial score (nSPS) is 10.2. The van der Waals surface area contributed by atoms with Crippen LogP contribution in [0, 0.1) is 10.1 Å². The molecule has 0 unspecified atom stereocenters. The van der Waals surface area contributed by atoms with Crippen molar-refractivity contribution >= 4 is 23.2 Å². The minimum atomic E-state index is -0.531. The maximum atomic E-state index is 12.1. The van der Waals surface area contributed by atoms with Crippen molar-refractivity contribution in [2.75, 3.05) is 17.2 Å². The van der Waals surface area contributed by atoms with Crippen LogP contribution in [0.2, 0.25) is 0 Å². The molecule has 2 N–H and O–H groups in total. The fraction of sp³-hybridized carbons (Fsp3) is 0.250. The van der Waals surface area contributed by atoms with Gasteiger partial charge in [-0.15, -0.1) is 0 Å². The summed E-state index contributed by atoms with van der Waals surface area (Å²) in [7, 11) is 1.62. The molecule has 1 aromatic carbocycles. The second-order valence-corrected chi connectivity index (χ2v) is 4.18. The van der Waals surface area contributed by atoms with Crippen LogP contribution in [0.4, 0.5) is 17.3 Å². The second kappa shape index (κ2) is 5.99. The van der Waals surface area contributed by atoms with E-state index >= 15 is 0 Å². The van der Waals surface area contributed by atoms with Gasteiger partial charge < -0.3 is 5.32 Å². The molecule has 2 aromatic rings. The van der Waals surface area contributed by atoms with Crippen LogP contribution in [0.5, 0.6) is 0 Å². The van der Waals surface area contributed by atoms with Crippen LogP contribution in [0.3, 0.4) is 0 Å². The number of anilines is 2. The smallest absolute Gasteiger partial charge is 0.293 e. The van der Waals surface area contributed by atoms with Crippen LogP contribution in [0.1, 0.15) is 17.3 Å². The average Bonchev–Trinajstić information content (AvgIpc) is 2.84. The van der Waals surface area contributed by atoms with Gasteiger partial charge in [0.1, 0.15) is 12.0 Å². The van der Waals surface area contributed by atoms with Gasteiger partial charge in [-0.1, -0.05) is 0 Å². The number of aryl methyl sites for hydroxylation is 1. The number of rotatable bonds is 5. The standard InChI is InChI=1S/C12H14N6O3/c1-3-13-9-5-4-8(6-10(9)18(20)21)11(19)16-12-14-7-15-17(12)2/h4-7,13H,3H2,1-2H3,(H,14,15,16,19). The van der Waals surface area contributed by atoms with Crippen LogP contribution >= 0.6 is 0 Å². The first kappa shape index (κ1) is 14.4. The summed E-state index contributed by atoms with van der Waals surface area (Å²) < 4.78 is 1.39. The van der Waals surface area contributed by atoms with E-state index in [0.29, 0.717) is 12.2 Å². The molecule has 0 fully saturated rings. The molecule has 1 heterocycles. The number of nitrogens with zero attached hydrogens (tertiary/aromatic N) is 4. The van der Waals surface area contributed by atoms with E-state index in [1.54, 1.807) is 7.05 Å². The van der Waals surface area contributed by atoms with Crippen molar-refractivity contribution in [1.82, 2.24) is 14.8 Å². The molecule has 0 bridgehead atoms. The number of amides is 1. The fourth-order valence-electron chi connectivity index (χ4n) is 1.75. The molecule has 9 nitrogen and oxygen atoms in total. The fourth-order valence-corrected chi connectivity index (χ4v) is 1.75.